The van der Waals surface area contributed by atoms with E-state index in [0.717, 1.165) is 0 Å². The highest BCUT2D eigenvalue weighted by Gasteiger charge is 2.11. The summed E-state index contributed by atoms with van der Waals surface area (Å²) >= 11 is 0. The molecular formula is C13H16O5. The number of carboxylic acids is 1. The minimum absolute atomic E-state index is 0.106. The molecule has 0 aliphatic carbocycles. The number of methoxy groups -OCH3 is 2. The molecule has 0 spiro atoms. The molecule has 2 N–H and O–H groups in total. The number of benzene rings is 1. The standard InChI is InChI=1S/C13H16O5/c1-4-9(13(15)16)5-8-6-10(17-2)12(14)11(7-8)18-3/h5-7,14H,4H2,1-3H3,(H,15,16). The number of phenols is 1. The van der Waals surface area contributed by atoms with E-state index in [9.17, 15) is 9.90 Å². The van der Waals surface area contributed by atoms with Gasteiger partial charge in [-0.1, -0.05) is 6.92 Å². The van der Waals surface area contributed by atoms with E-state index in [1.54, 1.807) is 19.1 Å². The zero-order valence-electron chi connectivity index (χ0n) is 10.6. The van der Waals surface area contributed by atoms with Crippen molar-refractivity contribution >= 4 is 12.0 Å². The number of carbonyl (C=O) groups is 1. The maximum Gasteiger partial charge on any atom is 0.331 e. The molecule has 5 nitrogen and oxygen atoms in total. The Kier molecular flexibility index (Phi) is 4.59. The Balaban J connectivity index is 3.29. The first kappa shape index (κ1) is 13.9. The molecule has 0 aromatic heterocycles. The van der Waals surface area contributed by atoms with Gasteiger partial charge in [-0.05, 0) is 30.2 Å². The van der Waals surface area contributed by atoms with E-state index >= 15 is 0 Å². The van der Waals surface area contributed by atoms with Crippen molar-refractivity contribution in [2.75, 3.05) is 14.2 Å². The Morgan fingerprint density at radius 2 is 1.78 bits per heavy atom. The zero-order chi connectivity index (χ0) is 13.7. The van der Waals surface area contributed by atoms with Gasteiger partial charge in [0.1, 0.15) is 0 Å². The number of carboxylic acid groups (broad SMARTS) is 1. The molecule has 0 amide bonds. The third kappa shape index (κ3) is 2.94. The molecule has 0 saturated carbocycles. The van der Waals surface area contributed by atoms with Gasteiger partial charge in [0.2, 0.25) is 5.75 Å². The van der Waals surface area contributed by atoms with Crippen LogP contribution in [0, 0.1) is 0 Å². The number of hydrogen-bond donors (Lipinski definition) is 2. The Hall–Kier alpha value is -2.17. The van der Waals surface area contributed by atoms with Crippen LogP contribution < -0.4 is 9.47 Å². The quantitative estimate of drug-likeness (QED) is 0.786. The van der Waals surface area contributed by atoms with Crippen LogP contribution >= 0.6 is 0 Å². The summed E-state index contributed by atoms with van der Waals surface area (Å²) in [7, 11) is 2.83. The largest absolute Gasteiger partial charge is 0.502 e. The van der Waals surface area contributed by atoms with Gasteiger partial charge in [0, 0.05) is 5.57 Å². The van der Waals surface area contributed by atoms with Crippen LogP contribution in [-0.4, -0.2) is 30.4 Å². The molecule has 18 heavy (non-hydrogen) atoms. The smallest absolute Gasteiger partial charge is 0.331 e. The van der Waals surface area contributed by atoms with E-state index in [2.05, 4.69) is 0 Å². The van der Waals surface area contributed by atoms with E-state index in [1.807, 2.05) is 0 Å². The summed E-state index contributed by atoms with van der Waals surface area (Å²) < 4.78 is 9.99. The first-order valence-electron chi connectivity index (χ1n) is 5.42. The molecule has 1 aromatic rings. The number of rotatable bonds is 5. The molecule has 0 unspecified atom stereocenters. The second kappa shape index (κ2) is 5.95. The molecule has 0 fully saturated rings. The Labute approximate surface area is 105 Å². The normalized spacial score (nSPS) is 11.2. The average molecular weight is 252 g/mol. The molecule has 1 rings (SSSR count). The third-order valence-electron chi connectivity index (χ3n) is 2.50. The summed E-state index contributed by atoms with van der Waals surface area (Å²) in [5.41, 5.74) is 0.866. The molecule has 0 atom stereocenters. The van der Waals surface area contributed by atoms with E-state index in [0.29, 0.717) is 12.0 Å². The second-order valence-electron chi connectivity index (χ2n) is 3.60. The van der Waals surface area contributed by atoms with Crippen LogP contribution in [0.15, 0.2) is 17.7 Å². The van der Waals surface area contributed by atoms with Gasteiger partial charge in [0.15, 0.2) is 11.5 Å². The molecule has 0 radical (unpaired) electrons. The van der Waals surface area contributed by atoms with Crippen LogP contribution in [0.25, 0.3) is 6.08 Å². The van der Waals surface area contributed by atoms with Crippen LogP contribution in [0.5, 0.6) is 17.2 Å². The van der Waals surface area contributed by atoms with Crippen molar-refractivity contribution in [1.29, 1.82) is 0 Å². The van der Waals surface area contributed by atoms with E-state index in [4.69, 9.17) is 14.6 Å². The van der Waals surface area contributed by atoms with Gasteiger partial charge in [-0.25, -0.2) is 4.79 Å². The Morgan fingerprint density at radius 3 is 2.11 bits per heavy atom. The van der Waals surface area contributed by atoms with Crippen molar-refractivity contribution in [1.82, 2.24) is 0 Å². The molecule has 98 valence electrons. The fourth-order valence-electron chi connectivity index (χ4n) is 1.51. The zero-order valence-corrected chi connectivity index (χ0v) is 10.6. The monoisotopic (exact) mass is 252 g/mol. The molecule has 0 bridgehead atoms. The molecule has 1 aromatic carbocycles. The predicted octanol–water partition coefficient (Wildman–Crippen LogP) is 2.29. The maximum absolute atomic E-state index is 10.9. The molecule has 0 aliphatic heterocycles. The van der Waals surface area contributed by atoms with Gasteiger partial charge in [0.25, 0.3) is 0 Å². The van der Waals surface area contributed by atoms with Crippen molar-refractivity contribution < 1.29 is 24.5 Å². The van der Waals surface area contributed by atoms with Gasteiger partial charge in [0.05, 0.1) is 14.2 Å². The molecule has 0 heterocycles. The summed E-state index contributed by atoms with van der Waals surface area (Å²) in [6, 6.07) is 3.10. The summed E-state index contributed by atoms with van der Waals surface area (Å²) in [6.07, 6.45) is 1.92. The van der Waals surface area contributed by atoms with Gasteiger partial charge in [-0.2, -0.15) is 0 Å². The van der Waals surface area contributed by atoms with Crippen LogP contribution in [0.2, 0.25) is 0 Å². The van der Waals surface area contributed by atoms with Crippen molar-refractivity contribution in [3.63, 3.8) is 0 Å². The van der Waals surface area contributed by atoms with E-state index in [1.165, 1.54) is 20.3 Å². The number of aromatic hydroxyl groups is 1. The second-order valence-corrected chi connectivity index (χ2v) is 3.60. The molecule has 0 saturated heterocycles. The van der Waals surface area contributed by atoms with E-state index in [-0.39, 0.29) is 22.8 Å². The average Bonchev–Trinajstić information content (AvgIpc) is 2.36. The van der Waals surface area contributed by atoms with Crippen molar-refractivity contribution in [3.05, 3.63) is 23.3 Å². The summed E-state index contributed by atoms with van der Waals surface area (Å²) in [5, 5.41) is 18.7. The highest BCUT2D eigenvalue weighted by atomic mass is 16.5. The minimum Gasteiger partial charge on any atom is -0.502 e. The maximum atomic E-state index is 10.9. The summed E-state index contributed by atoms with van der Waals surface area (Å²) in [5.74, 6) is -0.600. The topological polar surface area (TPSA) is 76.0 Å². The van der Waals surface area contributed by atoms with Crippen LogP contribution in [-0.2, 0) is 4.79 Å². The molecule has 5 heteroatoms. The molecule has 0 aliphatic rings. The number of aliphatic carboxylic acids is 1. The van der Waals surface area contributed by atoms with Crippen LogP contribution in [0.4, 0.5) is 0 Å². The van der Waals surface area contributed by atoms with E-state index < -0.39 is 5.97 Å². The minimum atomic E-state index is -0.969. The lowest BCUT2D eigenvalue weighted by Gasteiger charge is -2.10. The van der Waals surface area contributed by atoms with Crippen LogP contribution in [0.3, 0.4) is 0 Å². The van der Waals surface area contributed by atoms with Gasteiger partial charge < -0.3 is 19.7 Å². The van der Waals surface area contributed by atoms with Crippen molar-refractivity contribution in [2.45, 2.75) is 13.3 Å². The lowest BCUT2D eigenvalue weighted by molar-refractivity contribution is -0.132. The Bertz CT molecular complexity index is 451. The van der Waals surface area contributed by atoms with Gasteiger partial charge in [-0.15, -0.1) is 0 Å². The fraction of sp³-hybridized carbons (Fsp3) is 0.308. The summed E-state index contributed by atoms with van der Waals surface area (Å²) in [4.78, 5) is 10.9. The number of ether oxygens (including phenoxy) is 2. The number of hydrogen-bond acceptors (Lipinski definition) is 4. The summed E-state index contributed by atoms with van der Waals surface area (Å²) in [6.45, 7) is 1.76. The highest BCUT2D eigenvalue weighted by Crippen LogP contribution is 2.37. The van der Waals surface area contributed by atoms with Crippen molar-refractivity contribution in [3.8, 4) is 17.2 Å². The number of phenolic OH excluding ortho intramolecular Hbond substituents is 1. The SMILES string of the molecule is CCC(=Cc1cc(OC)c(O)c(OC)c1)C(=O)O. The Morgan fingerprint density at radius 1 is 1.28 bits per heavy atom. The highest BCUT2D eigenvalue weighted by molar-refractivity contribution is 5.92. The van der Waals surface area contributed by atoms with Gasteiger partial charge >= 0.3 is 5.97 Å². The third-order valence-corrected chi connectivity index (χ3v) is 2.50. The van der Waals surface area contributed by atoms with Crippen LogP contribution in [0.1, 0.15) is 18.9 Å². The lowest BCUT2D eigenvalue weighted by Crippen LogP contribution is -1.99. The molecular weight excluding hydrogens is 236 g/mol. The predicted molar refractivity (Wildman–Crippen MR) is 67.1 cm³/mol. The fourth-order valence-corrected chi connectivity index (χ4v) is 1.51. The van der Waals surface area contributed by atoms with Gasteiger partial charge in [-0.3, -0.25) is 0 Å². The lowest BCUT2D eigenvalue weighted by atomic mass is 10.1. The first-order valence-corrected chi connectivity index (χ1v) is 5.42. The van der Waals surface area contributed by atoms with Crippen molar-refractivity contribution in [2.24, 2.45) is 0 Å². The first-order chi connectivity index (χ1) is 8.53.